The molecule has 1 heterocycles. The summed E-state index contributed by atoms with van der Waals surface area (Å²) >= 11 is 0. The van der Waals surface area contributed by atoms with Crippen molar-refractivity contribution >= 4 is 11.9 Å². The monoisotopic (exact) mass is 293 g/mol. The summed E-state index contributed by atoms with van der Waals surface area (Å²) in [5.74, 6) is -1.28. The van der Waals surface area contributed by atoms with Crippen LogP contribution < -0.4 is 5.32 Å². The van der Waals surface area contributed by atoms with Crippen LogP contribution in [-0.2, 0) is 16.0 Å². The summed E-state index contributed by atoms with van der Waals surface area (Å²) in [6.45, 7) is 4.17. The third-order valence-corrected chi connectivity index (χ3v) is 4.42. The first-order chi connectivity index (χ1) is 9.90. The second-order valence-electron chi connectivity index (χ2n) is 6.47. The number of aliphatic carboxylic acids is 1. The second-order valence-corrected chi connectivity index (χ2v) is 6.47. The summed E-state index contributed by atoms with van der Waals surface area (Å²) in [4.78, 5) is 30.5. The van der Waals surface area contributed by atoms with Crippen LogP contribution in [0.25, 0.3) is 0 Å². The predicted molar refractivity (Wildman–Crippen MR) is 77.6 cm³/mol. The molecule has 0 spiro atoms. The largest absolute Gasteiger partial charge is 0.480 e. The summed E-state index contributed by atoms with van der Waals surface area (Å²) < 4.78 is 0. The molecule has 116 valence electrons. The van der Waals surface area contributed by atoms with Gasteiger partial charge in [0.1, 0.15) is 6.04 Å². The molecule has 0 radical (unpaired) electrons. The number of carboxylic acids is 1. The molecule has 1 aromatic rings. The molecule has 3 N–H and O–H groups in total. The van der Waals surface area contributed by atoms with Crippen LogP contribution in [0.1, 0.15) is 45.2 Å². The van der Waals surface area contributed by atoms with Crippen molar-refractivity contribution in [2.24, 2.45) is 11.3 Å². The molecule has 0 bridgehead atoms. The minimum atomic E-state index is -1.02. The van der Waals surface area contributed by atoms with Gasteiger partial charge < -0.3 is 15.4 Å². The summed E-state index contributed by atoms with van der Waals surface area (Å²) in [5.41, 5.74) is 0.630. The van der Waals surface area contributed by atoms with Crippen LogP contribution in [0.15, 0.2) is 12.5 Å². The topological polar surface area (TPSA) is 95.1 Å². The molecule has 6 nitrogen and oxygen atoms in total. The lowest BCUT2D eigenvalue weighted by molar-refractivity contribution is -0.143. The normalized spacial score (nSPS) is 22.5. The predicted octanol–water partition coefficient (Wildman–Crippen LogP) is 1.74. The SMILES string of the molecule is CC1(C)CCCCC1C(=O)N[C@@H](Cc1cnc[nH]1)C(=O)O. The number of H-pyrrole nitrogens is 1. The van der Waals surface area contributed by atoms with Gasteiger partial charge in [0.05, 0.1) is 6.33 Å². The van der Waals surface area contributed by atoms with E-state index in [1.165, 1.54) is 6.33 Å². The third kappa shape index (κ3) is 3.83. The van der Waals surface area contributed by atoms with Gasteiger partial charge in [0, 0.05) is 24.2 Å². The van der Waals surface area contributed by atoms with Crippen LogP contribution in [0.3, 0.4) is 0 Å². The molecular formula is C15H23N3O3. The molecule has 2 rings (SSSR count). The Hall–Kier alpha value is -1.85. The number of amides is 1. The molecule has 0 saturated heterocycles. The number of rotatable bonds is 5. The highest BCUT2D eigenvalue weighted by Crippen LogP contribution is 2.40. The molecule has 1 unspecified atom stereocenters. The number of hydrogen-bond acceptors (Lipinski definition) is 3. The average molecular weight is 293 g/mol. The van der Waals surface area contributed by atoms with Gasteiger partial charge in [-0.05, 0) is 18.3 Å². The molecule has 1 saturated carbocycles. The van der Waals surface area contributed by atoms with E-state index in [9.17, 15) is 14.7 Å². The lowest BCUT2D eigenvalue weighted by Gasteiger charge is -2.38. The number of aromatic nitrogens is 2. The average Bonchev–Trinajstić information content (AvgIpc) is 2.90. The van der Waals surface area contributed by atoms with Gasteiger partial charge in [-0.3, -0.25) is 4.79 Å². The minimum Gasteiger partial charge on any atom is -0.480 e. The van der Waals surface area contributed by atoms with Crippen molar-refractivity contribution in [1.29, 1.82) is 0 Å². The fourth-order valence-corrected chi connectivity index (χ4v) is 3.07. The lowest BCUT2D eigenvalue weighted by Crippen LogP contribution is -2.48. The fourth-order valence-electron chi connectivity index (χ4n) is 3.07. The Kier molecular flexibility index (Phi) is 4.65. The molecule has 1 fully saturated rings. The summed E-state index contributed by atoms with van der Waals surface area (Å²) in [7, 11) is 0. The van der Waals surface area contributed by atoms with E-state index in [-0.39, 0.29) is 23.7 Å². The molecule has 0 aromatic carbocycles. The number of imidazole rings is 1. The van der Waals surface area contributed by atoms with E-state index in [2.05, 4.69) is 29.1 Å². The Morgan fingerprint density at radius 3 is 2.86 bits per heavy atom. The van der Waals surface area contributed by atoms with Gasteiger partial charge in [-0.2, -0.15) is 0 Å². The molecule has 21 heavy (non-hydrogen) atoms. The third-order valence-electron chi connectivity index (χ3n) is 4.42. The van der Waals surface area contributed by atoms with Gasteiger partial charge in [0.2, 0.25) is 5.91 Å². The number of hydrogen-bond donors (Lipinski definition) is 3. The number of carbonyl (C=O) groups is 2. The van der Waals surface area contributed by atoms with Crippen molar-refractivity contribution in [3.8, 4) is 0 Å². The van der Waals surface area contributed by atoms with Crippen molar-refractivity contribution < 1.29 is 14.7 Å². The van der Waals surface area contributed by atoms with Crippen molar-refractivity contribution in [2.45, 2.75) is 52.0 Å². The zero-order chi connectivity index (χ0) is 15.5. The lowest BCUT2D eigenvalue weighted by atomic mass is 9.68. The molecule has 0 aliphatic heterocycles. The number of nitrogens with one attached hydrogen (secondary N) is 2. The smallest absolute Gasteiger partial charge is 0.326 e. The van der Waals surface area contributed by atoms with Crippen LogP contribution in [0.2, 0.25) is 0 Å². The van der Waals surface area contributed by atoms with Gasteiger partial charge in [0.15, 0.2) is 0 Å². The maximum atomic E-state index is 12.5. The van der Waals surface area contributed by atoms with E-state index < -0.39 is 12.0 Å². The van der Waals surface area contributed by atoms with Gasteiger partial charge >= 0.3 is 5.97 Å². The summed E-state index contributed by atoms with van der Waals surface area (Å²) in [5, 5.41) is 12.0. The van der Waals surface area contributed by atoms with Crippen LogP contribution >= 0.6 is 0 Å². The molecular weight excluding hydrogens is 270 g/mol. The van der Waals surface area contributed by atoms with E-state index in [0.29, 0.717) is 5.69 Å². The van der Waals surface area contributed by atoms with Crippen molar-refractivity contribution in [2.75, 3.05) is 0 Å². The van der Waals surface area contributed by atoms with Crippen LogP contribution in [0.5, 0.6) is 0 Å². The van der Waals surface area contributed by atoms with Gasteiger partial charge in [-0.1, -0.05) is 26.7 Å². The maximum Gasteiger partial charge on any atom is 0.326 e. The quantitative estimate of drug-likeness (QED) is 0.770. The molecule has 2 atom stereocenters. The molecule has 1 aliphatic rings. The van der Waals surface area contributed by atoms with Crippen molar-refractivity contribution in [3.63, 3.8) is 0 Å². The zero-order valence-corrected chi connectivity index (χ0v) is 12.6. The zero-order valence-electron chi connectivity index (χ0n) is 12.6. The second kappa shape index (κ2) is 6.28. The fraction of sp³-hybridized carbons (Fsp3) is 0.667. The maximum absolute atomic E-state index is 12.5. The first kappa shape index (κ1) is 15.5. The Labute approximate surface area is 124 Å². The standard InChI is InChI=1S/C15H23N3O3/c1-15(2)6-4-3-5-11(15)13(19)18-12(14(20)21)7-10-8-16-9-17-10/h8-9,11-12H,3-7H2,1-2H3,(H,16,17)(H,18,19)(H,20,21)/t11?,12-/m0/s1. The van der Waals surface area contributed by atoms with Crippen molar-refractivity contribution in [3.05, 3.63) is 18.2 Å². The molecule has 6 heteroatoms. The van der Waals surface area contributed by atoms with E-state index >= 15 is 0 Å². The number of nitrogens with zero attached hydrogens (tertiary/aromatic N) is 1. The highest BCUT2D eigenvalue weighted by atomic mass is 16.4. The highest BCUT2D eigenvalue weighted by molar-refractivity contribution is 5.85. The van der Waals surface area contributed by atoms with E-state index in [1.54, 1.807) is 6.20 Å². The van der Waals surface area contributed by atoms with Crippen LogP contribution in [0, 0.1) is 11.3 Å². The van der Waals surface area contributed by atoms with Crippen LogP contribution in [-0.4, -0.2) is 33.0 Å². The number of carboxylic acid groups (broad SMARTS) is 1. The first-order valence-corrected chi connectivity index (χ1v) is 7.40. The van der Waals surface area contributed by atoms with Gasteiger partial charge in [-0.25, -0.2) is 9.78 Å². The van der Waals surface area contributed by atoms with Crippen LogP contribution in [0.4, 0.5) is 0 Å². The van der Waals surface area contributed by atoms with E-state index in [1.807, 2.05) is 0 Å². The summed E-state index contributed by atoms with van der Waals surface area (Å²) in [6, 6.07) is -0.921. The number of carbonyl (C=O) groups excluding carboxylic acids is 1. The molecule has 1 aliphatic carbocycles. The first-order valence-electron chi connectivity index (χ1n) is 7.40. The van der Waals surface area contributed by atoms with E-state index in [4.69, 9.17) is 0 Å². The van der Waals surface area contributed by atoms with Crippen molar-refractivity contribution in [1.82, 2.24) is 15.3 Å². The Morgan fingerprint density at radius 1 is 1.52 bits per heavy atom. The molecule has 1 amide bonds. The highest BCUT2D eigenvalue weighted by Gasteiger charge is 2.38. The minimum absolute atomic E-state index is 0.0701. The summed E-state index contributed by atoms with van der Waals surface area (Å²) in [6.07, 6.45) is 7.28. The number of aromatic amines is 1. The van der Waals surface area contributed by atoms with Gasteiger partial charge in [-0.15, -0.1) is 0 Å². The Bertz CT molecular complexity index is 496. The van der Waals surface area contributed by atoms with E-state index in [0.717, 1.165) is 25.7 Å². The van der Waals surface area contributed by atoms with Gasteiger partial charge in [0.25, 0.3) is 0 Å². The Morgan fingerprint density at radius 2 is 2.29 bits per heavy atom. The molecule has 1 aromatic heterocycles. The Balaban J connectivity index is 2.02.